The summed E-state index contributed by atoms with van der Waals surface area (Å²) in [6.45, 7) is 11.9. The van der Waals surface area contributed by atoms with Gasteiger partial charge in [-0.2, -0.15) is 0 Å². The summed E-state index contributed by atoms with van der Waals surface area (Å²) in [6, 6.07) is 8.80. The Morgan fingerprint density at radius 3 is 2.54 bits per heavy atom. The van der Waals surface area contributed by atoms with E-state index < -0.39 is 14.3 Å². The number of likely N-dealkylation sites (N-methyl/N-ethyl adjacent to an activating group) is 1. The van der Waals surface area contributed by atoms with Gasteiger partial charge in [-0.15, -0.1) is 0 Å². The molecule has 11 heteroatoms. The van der Waals surface area contributed by atoms with Gasteiger partial charge in [0, 0.05) is 25.2 Å². The van der Waals surface area contributed by atoms with Crippen LogP contribution in [0.2, 0.25) is 18.1 Å². The van der Waals surface area contributed by atoms with Crippen LogP contribution in [0.15, 0.2) is 35.7 Å². The van der Waals surface area contributed by atoms with Crippen molar-refractivity contribution in [3.8, 4) is 0 Å². The van der Waals surface area contributed by atoms with Gasteiger partial charge in [0.25, 0.3) is 0 Å². The van der Waals surface area contributed by atoms with E-state index in [2.05, 4.69) is 42.6 Å². The van der Waals surface area contributed by atoms with Crippen molar-refractivity contribution in [1.82, 2.24) is 19.8 Å². The van der Waals surface area contributed by atoms with Gasteiger partial charge in [-0.3, -0.25) is 14.7 Å². The fraction of sp³-hybridized carbons (Fsp3) is 0.625. The molecule has 1 aromatic rings. The molecular weight excluding hydrogens is 478 g/mol. The fourth-order valence-corrected chi connectivity index (χ4v) is 8.72. The zero-order valence-corrected chi connectivity index (χ0v) is 23.7. The van der Waals surface area contributed by atoms with Crippen LogP contribution in [0.1, 0.15) is 40.3 Å². The van der Waals surface area contributed by atoms with E-state index in [0.717, 1.165) is 29.4 Å². The molecule has 2 aliphatic rings. The van der Waals surface area contributed by atoms with Crippen molar-refractivity contribution in [2.75, 3.05) is 13.6 Å². The van der Waals surface area contributed by atoms with E-state index in [1.165, 1.54) is 0 Å². The van der Waals surface area contributed by atoms with Crippen molar-refractivity contribution in [3.63, 3.8) is 0 Å². The molecule has 1 fully saturated rings. The van der Waals surface area contributed by atoms with Gasteiger partial charge in [0.15, 0.2) is 16.3 Å². The Bertz CT molecular complexity index is 925. The number of pyridine rings is 1. The van der Waals surface area contributed by atoms with Crippen molar-refractivity contribution in [2.24, 2.45) is 11.8 Å². The number of amides is 1. The van der Waals surface area contributed by atoms with E-state index in [1.54, 1.807) is 11.1 Å². The predicted octanol–water partition coefficient (Wildman–Crippen LogP) is 3.38. The lowest BCUT2D eigenvalue weighted by Crippen LogP contribution is -2.65. The number of hydrogen-bond donors (Lipinski definition) is 1. The highest BCUT2D eigenvalue weighted by Gasteiger charge is 2.60. The van der Waals surface area contributed by atoms with Crippen LogP contribution in [-0.4, -0.2) is 68.7 Å². The van der Waals surface area contributed by atoms with Crippen LogP contribution >= 0.6 is 8.96 Å². The number of rotatable bonds is 13. The van der Waals surface area contributed by atoms with Crippen LogP contribution in [0, 0.1) is 11.8 Å². The Hall–Kier alpha value is -1.58. The summed E-state index contributed by atoms with van der Waals surface area (Å²) in [5, 5.41) is 0. The lowest BCUT2D eigenvalue weighted by Gasteiger charge is -2.49. The lowest BCUT2D eigenvalue weighted by atomic mass is 9.77. The highest BCUT2D eigenvalue weighted by molar-refractivity contribution is 7.32. The number of nitrogens with zero attached hydrogens (tertiary/aromatic N) is 3. The predicted molar refractivity (Wildman–Crippen MR) is 142 cm³/mol. The lowest BCUT2D eigenvalue weighted by molar-refractivity contribution is -0.161. The smallest absolute Gasteiger partial charge is 0.358 e. The van der Waals surface area contributed by atoms with E-state index in [0.29, 0.717) is 18.8 Å². The molecule has 1 N–H and O–H groups in total. The topological polar surface area (TPSA) is 84.0 Å². The second-order valence-corrected chi connectivity index (χ2v) is 15.0. The first-order valence-electron chi connectivity index (χ1n) is 12.5. The molecule has 3 rings (SSSR count). The van der Waals surface area contributed by atoms with Crippen LogP contribution in [0.3, 0.4) is 0 Å². The molecule has 1 aromatic heterocycles. The van der Waals surface area contributed by atoms with Crippen molar-refractivity contribution >= 4 is 37.1 Å². The van der Waals surface area contributed by atoms with Gasteiger partial charge < -0.3 is 18.8 Å². The van der Waals surface area contributed by atoms with Crippen molar-refractivity contribution in [1.29, 1.82) is 0 Å². The van der Waals surface area contributed by atoms with Crippen LogP contribution in [0.25, 0.3) is 0 Å². The third-order valence-corrected chi connectivity index (χ3v) is 12.8. The monoisotopic (exact) mass is 516 g/mol. The molecule has 0 aliphatic carbocycles. The maximum Gasteiger partial charge on any atom is 0.358 e. The minimum Gasteiger partial charge on any atom is -0.428 e. The first kappa shape index (κ1) is 28.0. The first-order chi connectivity index (χ1) is 16.7. The molecule has 190 valence electrons. The first-order valence-corrected chi connectivity index (χ1v) is 15.9. The molecule has 5 atom stereocenters. The van der Waals surface area contributed by atoms with Gasteiger partial charge in [0.1, 0.15) is 14.7 Å². The number of aromatic nitrogens is 1. The third-order valence-electron chi connectivity index (χ3n) is 7.66. The number of carbonyl (C=O) groups excluding carboxylic acids is 2. The molecule has 1 unspecified atom stereocenters. The van der Waals surface area contributed by atoms with Crippen molar-refractivity contribution in [2.45, 2.75) is 71.4 Å². The minimum absolute atomic E-state index is 0.00704. The van der Waals surface area contributed by atoms with Crippen molar-refractivity contribution in [3.05, 3.63) is 41.4 Å². The normalized spacial score (nSPS) is 23.2. The molecule has 1 saturated heterocycles. The molecule has 0 bridgehead atoms. The fourth-order valence-electron chi connectivity index (χ4n) is 5.54. The molecule has 35 heavy (non-hydrogen) atoms. The molecule has 1 amide bonds. The van der Waals surface area contributed by atoms with Crippen LogP contribution in [0.4, 0.5) is 0 Å². The maximum absolute atomic E-state index is 13.4. The molecule has 2 radical (unpaired) electrons. The summed E-state index contributed by atoms with van der Waals surface area (Å²) in [5.41, 5.74) is 2.21. The van der Waals surface area contributed by atoms with E-state index in [-0.39, 0.29) is 38.8 Å². The quantitative estimate of drug-likeness (QED) is 0.245. The zero-order chi connectivity index (χ0) is 25.8. The third kappa shape index (κ3) is 5.72. The van der Waals surface area contributed by atoms with E-state index in [1.807, 2.05) is 32.2 Å². The number of fused-ring (bicyclic) bond motifs is 1. The molecule has 3 heterocycles. The second-order valence-electron chi connectivity index (χ2n) is 9.58. The molecule has 0 spiro atoms. The van der Waals surface area contributed by atoms with Gasteiger partial charge in [0.05, 0.1) is 23.8 Å². The van der Waals surface area contributed by atoms with Gasteiger partial charge in [-0.05, 0) is 49.8 Å². The Labute approximate surface area is 213 Å². The Kier molecular flexibility index (Phi) is 9.69. The second kappa shape index (κ2) is 12.1. The molecule has 0 saturated carbocycles. The minimum atomic E-state index is -1.88. The summed E-state index contributed by atoms with van der Waals surface area (Å²) in [4.78, 5) is 37.1. The van der Waals surface area contributed by atoms with Crippen molar-refractivity contribution < 1.29 is 18.5 Å². The number of nitrogens with one attached hydrogen (secondary N) is 1. The Morgan fingerprint density at radius 1 is 1.29 bits per heavy atom. The van der Waals surface area contributed by atoms with Gasteiger partial charge in [-0.25, -0.2) is 4.79 Å². The largest absolute Gasteiger partial charge is 0.428 e. The average Bonchev–Trinajstić information content (AvgIpc) is 3.09. The van der Waals surface area contributed by atoms with Gasteiger partial charge in [0.2, 0.25) is 5.91 Å². The highest BCUT2D eigenvalue weighted by Crippen LogP contribution is 2.49. The molecular formula is C24H38BN4O4PSi. The maximum atomic E-state index is 13.4. The van der Waals surface area contributed by atoms with E-state index in [9.17, 15) is 9.59 Å². The molecule has 2 aliphatic heterocycles. The summed E-state index contributed by atoms with van der Waals surface area (Å²) in [5.74, 6) is -0.832. The van der Waals surface area contributed by atoms with E-state index >= 15 is 0 Å². The van der Waals surface area contributed by atoms with Crippen LogP contribution < -0.4 is 5.00 Å². The average molecular weight is 516 g/mol. The SMILES string of the molecule is [B]NPOC(=O)C1=C(CN(C)Cc2ccccn2)[C@H](C)[C@@H]2[C@@H]([C@@H](C)O[Si](CC)(CC)CC)C(=O)N12. The highest BCUT2D eigenvalue weighted by atomic mass is 31.1. The zero-order valence-electron chi connectivity index (χ0n) is 21.7. The Balaban J connectivity index is 1.84. The molecule has 0 aromatic carbocycles. The van der Waals surface area contributed by atoms with Gasteiger partial charge >= 0.3 is 5.97 Å². The number of carbonyl (C=O) groups is 2. The standard InChI is InChI=1S/C24H38BN4O4PSi/c1-7-35(8-2,9-3)33-17(5)20-21-16(4)19(15-28(6)14-18-12-10-11-13-26-18)22(29(21)23(20)30)24(31)32-34-27-25/h10-13,16-17,20-21,27,34H,7-9,14-15H2,1-6H3/t16-,17+,20+,21+/m0/s1. The summed E-state index contributed by atoms with van der Waals surface area (Å²) >= 11 is 0. The van der Waals surface area contributed by atoms with Crippen LogP contribution in [-0.2, 0) is 25.1 Å². The molecule has 8 nitrogen and oxygen atoms in total. The Morgan fingerprint density at radius 2 is 1.97 bits per heavy atom. The summed E-state index contributed by atoms with van der Waals surface area (Å²) in [7, 11) is 5.06. The summed E-state index contributed by atoms with van der Waals surface area (Å²) < 4.78 is 12.0. The number of β-lactam (4-membered cyclic amide) rings is 1. The summed E-state index contributed by atoms with van der Waals surface area (Å²) in [6.07, 6.45) is 1.58. The van der Waals surface area contributed by atoms with Gasteiger partial charge in [-0.1, -0.05) is 33.8 Å². The number of hydrogen-bond acceptors (Lipinski definition) is 7. The van der Waals surface area contributed by atoms with Crippen LogP contribution in [0.5, 0.6) is 0 Å². The van der Waals surface area contributed by atoms with E-state index in [4.69, 9.17) is 16.9 Å².